The lowest BCUT2D eigenvalue weighted by Gasteiger charge is -2.26. The fourth-order valence-corrected chi connectivity index (χ4v) is 4.55. The van der Waals surface area contributed by atoms with Gasteiger partial charge in [0.15, 0.2) is 0 Å². The molecule has 0 aliphatic carbocycles. The third kappa shape index (κ3) is 4.10. The molecule has 1 saturated heterocycles. The molecule has 5 nitrogen and oxygen atoms in total. The minimum Gasteiger partial charge on any atom is -0.511 e. The lowest BCUT2D eigenvalue weighted by molar-refractivity contribution is 0.289. The van der Waals surface area contributed by atoms with Crippen LogP contribution in [-0.4, -0.2) is 41.5 Å². The average Bonchev–Trinajstić information content (AvgIpc) is 3.27. The van der Waals surface area contributed by atoms with Gasteiger partial charge in [0.05, 0.1) is 6.17 Å². The fraction of sp³-hybridized carbons (Fsp3) is 0.200. The van der Waals surface area contributed by atoms with Crippen LogP contribution >= 0.6 is 0 Å². The van der Waals surface area contributed by atoms with Crippen LogP contribution in [0.2, 0.25) is 0 Å². The summed E-state index contributed by atoms with van der Waals surface area (Å²) in [6.45, 7) is 2.30. The summed E-state index contributed by atoms with van der Waals surface area (Å²) in [5.41, 5.74) is 0. The summed E-state index contributed by atoms with van der Waals surface area (Å²) in [4.78, 5) is 2.38. The van der Waals surface area contributed by atoms with Crippen molar-refractivity contribution in [2.45, 2.75) is 19.0 Å². The summed E-state index contributed by atoms with van der Waals surface area (Å²) < 4.78 is 5.16. The van der Waals surface area contributed by atoms with Crippen molar-refractivity contribution in [2.24, 2.45) is 0 Å². The molecule has 0 amide bonds. The number of benzene rings is 4. The molecule has 2 heterocycles. The zero-order valence-corrected chi connectivity index (χ0v) is 17.2. The monoisotopic (exact) mass is 412 g/mol. The van der Waals surface area contributed by atoms with E-state index in [0.717, 1.165) is 33.5 Å². The first-order valence-corrected chi connectivity index (χ1v) is 10.7. The van der Waals surface area contributed by atoms with Crippen LogP contribution in [0.1, 0.15) is 12.8 Å². The van der Waals surface area contributed by atoms with Crippen molar-refractivity contribution in [3.63, 3.8) is 0 Å². The predicted molar refractivity (Wildman–Crippen MR) is 127 cm³/mol. The van der Waals surface area contributed by atoms with Crippen LogP contribution in [0.4, 0.5) is 0 Å². The van der Waals surface area contributed by atoms with Crippen LogP contribution in [0.3, 0.4) is 0 Å². The van der Waals surface area contributed by atoms with E-state index in [2.05, 4.69) is 46.8 Å². The number of rotatable bonds is 2. The average molecular weight is 412 g/mol. The molecule has 4 aromatic carbocycles. The Morgan fingerprint density at radius 3 is 2.39 bits per heavy atom. The number of hydrogen-bond acceptors (Lipinski definition) is 5. The molecule has 0 aromatic heterocycles. The van der Waals surface area contributed by atoms with Crippen molar-refractivity contribution in [1.29, 1.82) is 0 Å². The molecule has 31 heavy (non-hydrogen) atoms. The standard InChI is InChI=1S/C18H13BO3.C7H12N2/c20-19(21)22-18-11-14-9-12-5-1-2-6-13(12)10-17(14)15-7-3-4-8-16(15)18;1-3-7-8-4-2-6-9(7)5-1/h1-11,20-21H;2,6-8H,1,3-5H2. The van der Waals surface area contributed by atoms with Gasteiger partial charge in [-0.25, -0.2) is 0 Å². The molecule has 0 radical (unpaired) electrons. The molecule has 3 N–H and O–H groups in total. The summed E-state index contributed by atoms with van der Waals surface area (Å²) in [5.74, 6) is 0.466. The minimum absolute atomic E-state index is 0.466. The fourth-order valence-electron chi connectivity index (χ4n) is 4.55. The van der Waals surface area contributed by atoms with Gasteiger partial charge in [0.2, 0.25) is 0 Å². The molecule has 0 saturated carbocycles. The Kier molecular flexibility index (Phi) is 5.51. The zero-order chi connectivity index (χ0) is 21.2. The Labute approximate surface area is 181 Å². The lowest BCUT2D eigenvalue weighted by atomic mass is 9.97. The SMILES string of the molecule is C1=CN2CCCC2NC1.OB(O)Oc1cc2cc3ccccc3cc2c2ccccc12. The highest BCUT2D eigenvalue weighted by Gasteiger charge is 2.22. The summed E-state index contributed by atoms with van der Waals surface area (Å²) in [7, 11) is -1.83. The van der Waals surface area contributed by atoms with Crippen molar-refractivity contribution in [3.8, 4) is 5.75 Å². The maximum absolute atomic E-state index is 9.14. The second kappa shape index (κ2) is 8.59. The molecule has 1 fully saturated rings. The van der Waals surface area contributed by atoms with E-state index in [-0.39, 0.29) is 0 Å². The molecule has 2 aliphatic rings. The molecule has 0 bridgehead atoms. The van der Waals surface area contributed by atoms with E-state index >= 15 is 0 Å². The first-order chi connectivity index (χ1) is 15.2. The second-order valence-corrected chi connectivity index (χ2v) is 7.97. The number of fused-ring (bicyclic) bond motifs is 5. The highest BCUT2D eigenvalue weighted by Crippen LogP contribution is 2.35. The van der Waals surface area contributed by atoms with Gasteiger partial charge >= 0.3 is 7.32 Å². The first kappa shape index (κ1) is 19.9. The van der Waals surface area contributed by atoms with Crippen molar-refractivity contribution in [1.82, 2.24) is 10.2 Å². The van der Waals surface area contributed by atoms with E-state index in [0.29, 0.717) is 11.9 Å². The Morgan fingerprint density at radius 1 is 0.871 bits per heavy atom. The molecule has 1 atom stereocenters. The van der Waals surface area contributed by atoms with Crippen molar-refractivity contribution in [2.75, 3.05) is 13.1 Å². The van der Waals surface area contributed by atoms with Gasteiger partial charge in [-0.1, -0.05) is 54.6 Å². The van der Waals surface area contributed by atoms with Crippen molar-refractivity contribution in [3.05, 3.63) is 79.0 Å². The maximum Gasteiger partial charge on any atom is 0.707 e. The van der Waals surface area contributed by atoms with Gasteiger partial charge in [-0.3, -0.25) is 5.32 Å². The zero-order valence-electron chi connectivity index (χ0n) is 17.2. The topological polar surface area (TPSA) is 65.0 Å². The van der Waals surface area contributed by atoms with E-state index in [4.69, 9.17) is 14.7 Å². The summed E-state index contributed by atoms with van der Waals surface area (Å²) in [6.07, 6.45) is 7.73. The van der Waals surface area contributed by atoms with E-state index in [1.807, 2.05) is 42.5 Å². The van der Waals surface area contributed by atoms with Crippen LogP contribution in [-0.2, 0) is 0 Å². The quantitative estimate of drug-likeness (QED) is 0.264. The van der Waals surface area contributed by atoms with E-state index in [1.54, 1.807) is 0 Å². The highest BCUT2D eigenvalue weighted by molar-refractivity contribution is 6.34. The van der Waals surface area contributed by atoms with Crippen LogP contribution in [0.5, 0.6) is 5.75 Å². The third-order valence-electron chi connectivity index (χ3n) is 5.98. The van der Waals surface area contributed by atoms with Gasteiger partial charge in [-0.2, -0.15) is 0 Å². The highest BCUT2D eigenvalue weighted by atomic mass is 16.6. The van der Waals surface area contributed by atoms with E-state index in [1.165, 1.54) is 24.8 Å². The smallest absolute Gasteiger partial charge is 0.511 e. The second-order valence-electron chi connectivity index (χ2n) is 7.97. The predicted octanol–water partition coefficient (Wildman–Crippen LogP) is 4.02. The van der Waals surface area contributed by atoms with Crippen molar-refractivity contribution < 1.29 is 14.7 Å². The molecule has 1 unspecified atom stereocenters. The molecule has 156 valence electrons. The maximum atomic E-state index is 9.14. The molecule has 4 aromatic rings. The third-order valence-corrected chi connectivity index (χ3v) is 5.98. The summed E-state index contributed by atoms with van der Waals surface area (Å²) >= 11 is 0. The number of nitrogens with one attached hydrogen (secondary N) is 1. The summed E-state index contributed by atoms with van der Waals surface area (Å²) in [6, 6.07) is 22.1. The van der Waals surface area contributed by atoms with Gasteiger partial charge in [-0.05, 0) is 64.2 Å². The minimum atomic E-state index is -1.83. The number of hydrogen-bond donors (Lipinski definition) is 3. The Bertz CT molecular complexity index is 1260. The van der Waals surface area contributed by atoms with Crippen LogP contribution in [0.25, 0.3) is 32.3 Å². The Morgan fingerprint density at radius 2 is 1.61 bits per heavy atom. The molecule has 6 rings (SSSR count). The molecule has 0 spiro atoms. The Hall–Kier alpha value is -3.06. The van der Waals surface area contributed by atoms with E-state index in [9.17, 15) is 0 Å². The van der Waals surface area contributed by atoms with Gasteiger partial charge in [0, 0.05) is 18.5 Å². The first-order valence-electron chi connectivity index (χ1n) is 10.7. The lowest BCUT2D eigenvalue weighted by Crippen LogP contribution is -2.41. The van der Waals surface area contributed by atoms with Crippen LogP contribution in [0, 0.1) is 0 Å². The normalized spacial score (nSPS) is 17.5. The summed E-state index contributed by atoms with van der Waals surface area (Å²) in [5, 5.41) is 28.0. The van der Waals surface area contributed by atoms with Crippen LogP contribution < -0.4 is 9.97 Å². The van der Waals surface area contributed by atoms with Crippen molar-refractivity contribution >= 4 is 39.6 Å². The number of nitrogens with zero attached hydrogens (tertiary/aromatic N) is 1. The Balaban J connectivity index is 0.000000189. The van der Waals surface area contributed by atoms with Gasteiger partial charge in [0.25, 0.3) is 0 Å². The molecule has 2 aliphatic heterocycles. The largest absolute Gasteiger partial charge is 0.707 e. The van der Waals surface area contributed by atoms with Gasteiger partial charge < -0.3 is 19.6 Å². The molecular weight excluding hydrogens is 387 g/mol. The van der Waals surface area contributed by atoms with Crippen LogP contribution in [0.15, 0.2) is 79.0 Å². The van der Waals surface area contributed by atoms with E-state index < -0.39 is 7.32 Å². The molecular formula is C25H25BN2O3. The van der Waals surface area contributed by atoms with Gasteiger partial charge in [0.1, 0.15) is 5.75 Å². The van der Waals surface area contributed by atoms with Gasteiger partial charge in [-0.15, -0.1) is 0 Å². The molecule has 6 heteroatoms.